The quantitative estimate of drug-likeness (QED) is 0.781. The van der Waals surface area contributed by atoms with Crippen LogP contribution in [-0.2, 0) is 0 Å². The summed E-state index contributed by atoms with van der Waals surface area (Å²) in [6.07, 6.45) is 6.50. The van der Waals surface area contributed by atoms with Gasteiger partial charge in [-0.25, -0.2) is 0 Å². The van der Waals surface area contributed by atoms with Crippen LogP contribution >= 0.6 is 12.4 Å². The van der Waals surface area contributed by atoms with Gasteiger partial charge in [0.05, 0.1) is 0 Å². The van der Waals surface area contributed by atoms with Crippen LogP contribution in [0.5, 0.6) is 0 Å². The molecule has 1 amide bonds. The Kier molecular flexibility index (Phi) is 8.28. The first kappa shape index (κ1) is 19.7. The van der Waals surface area contributed by atoms with Crippen molar-refractivity contribution in [2.24, 2.45) is 11.7 Å². The van der Waals surface area contributed by atoms with E-state index in [0.29, 0.717) is 30.0 Å². The molecule has 1 aromatic rings. The molecule has 23 heavy (non-hydrogen) atoms. The first-order chi connectivity index (χ1) is 10.7. The van der Waals surface area contributed by atoms with Crippen LogP contribution in [0.25, 0.3) is 0 Å². The van der Waals surface area contributed by atoms with Gasteiger partial charge in [-0.3, -0.25) is 9.59 Å². The van der Waals surface area contributed by atoms with Crippen LogP contribution in [0.2, 0.25) is 0 Å². The highest BCUT2D eigenvalue weighted by Crippen LogP contribution is 2.26. The van der Waals surface area contributed by atoms with Crippen LogP contribution in [0.1, 0.15) is 66.2 Å². The van der Waals surface area contributed by atoms with E-state index in [-0.39, 0.29) is 30.1 Å². The molecule has 3 N–H and O–H groups in total. The molecule has 0 aliphatic heterocycles. The summed E-state index contributed by atoms with van der Waals surface area (Å²) < 4.78 is 0. The zero-order valence-electron chi connectivity index (χ0n) is 13.7. The predicted molar refractivity (Wildman–Crippen MR) is 95.2 cm³/mol. The molecule has 1 atom stereocenters. The monoisotopic (exact) mass is 338 g/mol. The number of hydrogen-bond donors (Lipinski definition) is 2. The number of hydrogen-bond acceptors (Lipinski definition) is 3. The molecule has 0 bridgehead atoms. The summed E-state index contributed by atoms with van der Waals surface area (Å²) in [5.41, 5.74) is 7.09. The van der Waals surface area contributed by atoms with E-state index in [0.717, 1.165) is 12.8 Å². The van der Waals surface area contributed by atoms with E-state index in [1.54, 1.807) is 24.3 Å². The number of carbonyl (C=O) groups excluding carboxylic acids is 2. The standard InChI is InChI=1S/C18H26N2O2.ClH/c1-2-17(21)14-8-10-15(11-9-14)18(22)20-16(12-19)13-6-4-3-5-7-13;/h8-11,13,16H,2-7,12,19H2,1H3,(H,20,22);1H. The van der Waals surface area contributed by atoms with Crippen molar-refractivity contribution in [3.05, 3.63) is 35.4 Å². The number of amides is 1. The van der Waals surface area contributed by atoms with Gasteiger partial charge in [-0.05, 0) is 30.9 Å². The molecule has 1 aliphatic carbocycles. The molecule has 0 radical (unpaired) electrons. The van der Waals surface area contributed by atoms with Crippen molar-refractivity contribution in [1.29, 1.82) is 0 Å². The Morgan fingerprint density at radius 1 is 1.13 bits per heavy atom. The van der Waals surface area contributed by atoms with Crippen molar-refractivity contribution >= 4 is 24.1 Å². The molecule has 0 spiro atoms. The highest BCUT2D eigenvalue weighted by molar-refractivity contribution is 5.98. The van der Waals surface area contributed by atoms with Gasteiger partial charge in [-0.15, -0.1) is 12.4 Å². The van der Waals surface area contributed by atoms with Gasteiger partial charge in [0.15, 0.2) is 5.78 Å². The second-order valence-corrected chi connectivity index (χ2v) is 6.07. The summed E-state index contributed by atoms with van der Waals surface area (Å²) in [5.74, 6) is 0.481. The molecule has 2 rings (SSSR count). The average molecular weight is 339 g/mol. The number of nitrogens with two attached hydrogens (primary N) is 1. The second kappa shape index (κ2) is 9.68. The molecule has 128 valence electrons. The number of benzene rings is 1. The lowest BCUT2D eigenvalue weighted by Gasteiger charge is -2.30. The van der Waals surface area contributed by atoms with Crippen molar-refractivity contribution in [3.8, 4) is 0 Å². The lowest BCUT2D eigenvalue weighted by molar-refractivity contribution is 0.0913. The van der Waals surface area contributed by atoms with Crippen molar-refractivity contribution in [3.63, 3.8) is 0 Å². The van der Waals surface area contributed by atoms with Gasteiger partial charge < -0.3 is 11.1 Å². The fourth-order valence-electron chi connectivity index (χ4n) is 3.17. The van der Waals surface area contributed by atoms with Crippen molar-refractivity contribution in [1.82, 2.24) is 5.32 Å². The molecule has 0 aromatic heterocycles. The molecule has 4 nitrogen and oxygen atoms in total. The fraction of sp³-hybridized carbons (Fsp3) is 0.556. The first-order valence-corrected chi connectivity index (χ1v) is 8.30. The maximum atomic E-state index is 12.4. The highest BCUT2D eigenvalue weighted by atomic mass is 35.5. The fourth-order valence-corrected chi connectivity index (χ4v) is 3.17. The zero-order valence-corrected chi connectivity index (χ0v) is 14.5. The Morgan fingerprint density at radius 2 is 1.70 bits per heavy atom. The normalized spacial score (nSPS) is 16.3. The topological polar surface area (TPSA) is 72.2 Å². The molecule has 0 heterocycles. The summed E-state index contributed by atoms with van der Waals surface area (Å²) in [4.78, 5) is 24.0. The lowest BCUT2D eigenvalue weighted by atomic mass is 9.84. The molecule has 1 aromatic carbocycles. The van der Waals surface area contributed by atoms with Crippen LogP contribution in [0, 0.1) is 5.92 Å². The molecule has 1 aliphatic rings. The van der Waals surface area contributed by atoms with E-state index in [1.165, 1.54) is 19.3 Å². The summed E-state index contributed by atoms with van der Waals surface area (Å²) >= 11 is 0. The summed E-state index contributed by atoms with van der Waals surface area (Å²) in [5, 5.41) is 3.07. The van der Waals surface area contributed by atoms with Crippen molar-refractivity contribution in [2.75, 3.05) is 6.54 Å². The van der Waals surface area contributed by atoms with Gasteiger partial charge in [0.1, 0.15) is 0 Å². The maximum absolute atomic E-state index is 12.4. The Bertz CT molecular complexity index is 510. The van der Waals surface area contributed by atoms with E-state index in [2.05, 4.69) is 5.32 Å². The van der Waals surface area contributed by atoms with Gasteiger partial charge in [-0.2, -0.15) is 0 Å². The molecule has 1 fully saturated rings. The van der Waals surface area contributed by atoms with Gasteiger partial charge >= 0.3 is 0 Å². The van der Waals surface area contributed by atoms with E-state index in [9.17, 15) is 9.59 Å². The Labute approximate surface area is 144 Å². The smallest absolute Gasteiger partial charge is 0.251 e. The molecule has 1 saturated carbocycles. The summed E-state index contributed by atoms with van der Waals surface area (Å²) in [6.45, 7) is 2.31. The van der Waals surface area contributed by atoms with E-state index >= 15 is 0 Å². The third-order valence-corrected chi connectivity index (χ3v) is 4.58. The number of Topliss-reactive ketones (excluding diaryl/α,β-unsaturated/α-hetero) is 1. The minimum atomic E-state index is -0.100. The molecule has 0 saturated heterocycles. The minimum Gasteiger partial charge on any atom is -0.348 e. The van der Waals surface area contributed by atoms with E-state index in [1.807, 2.05) is 6.92 Å². The molecular weight excluding hydrogens is 312 g/mol. The molecule has 5 heteroatoms. The van der Waals surface area contributed by atoms with Crippen LogP contribution in [0.3, 0.4) is 0 Å². The number of halogens is 1. The average Bonchev–Trinajstić information content (AvgIpc) is 2.59. The van der Waals surface area contributed by atoms with Crippen molar-refractivity contribution < 1.29 is 9.59 Å². The second-order valence-electron chi connectivity index (χ2n) is 6.07. The van der Waals surface area contributed by atoms with Gasteiger partial charge in [0, 0.05) is 30.1 Å². The lowest BCUT2D eigenvalue weighted by Crippen LogP contribution is -2.45. The molecular formula is C18H27ClN2O2. The SMILES string of the molecule is CCC(=O)c1ccc(C(=O)NC(CN)C2CCCCC2)cc1.Cl. The Morgan fingerprint density at radius 3 is 2.22 bits per heavy atom. The third-order valence-electron chi connectivity index (χ3n) is 4.58. The van der Waals surface area contributed by atoms with Crippen LogP contribution in [-0.4, -0.2) is 24.3 Å². The highest BCUT2D eigenvalue weighted by Gasteiger charge is 2.24. The summed E-state index contributed by atoms with van der Waals surface area (Å²) in [7, 11) is 0. The van der Waals surface area contributed by atoms with E-state index in [4.69, 9.17) is 5.73 Å². The number of ketones is 1. The van der Waals surface area contributed by atoms with Crippen LogP contribution in [0.4, 0.5) is 0 Å². The summed E-state index contributed by atoms with van der Waals surface area (Å²) in [6, 6.07) is 6.92. The molecule has 1 unspecified atom stereocenters. The minimum absolute atomic E-state index is 0. The van der Waals surface area contributed by atoms with Crippen LogP contribution < -0.4 is 11.1 Å². The third kappa shape index (κ3) is 5.33. The van der Waals surface area contributed by atoms with Crippen molar-refractivity contribution in [2.45, 2.75) is 51.5 Å². The van der Waals surface area contributed by atoms with Gasteiger partial charge in [-0.1, -0.05) is 38.3 Å². The Hall–Kier alpha value is -1.39. The van der Waals surface area contributed by atoms with Crippen LogP contribution in [0.15, 0.2) is 24.3 Å². The number of nitrogens with one attached hydrogen (secondary N) is 1. The first-order valence-electron chi connectivity index (χ1n) is 8.30. The van der Waals surface area contributed by atoms with Gasteiger partial charge in [0.2, 0.25) is 0 Å². The number of carbonyl (C=O) groups is 2. The number of rotatable bonds is 6. The predicted octanol–water partition coefficient (Wildman–Crippen LogP) is 3.34. The zero-order chi connectivity index (χ0) is 15.9. The largest absolute Gasteiger partial charge is 0.348 e. The van der Waals surface area contributed by atoms with Gasteiger partial charge in [0.25, 0.3) is 5.91 Å². The van der Waals surface area contributed by atoms with E-state index < -0.39 is 0 Å². The Balaban J connectivity index is 0.00000264. The maximum Gasteiger partial charge on any atom is 0.251 e.